The second kappa shape index (κ2) is 14.2. The first-order valence-corrected chi connectivity index (χ1v) is 13.1. The lowest BCUT2D eigenvalue weighted by molar-refractivity contribution is -0.368. The Bertz CT molecular complexity index is 779. The summed E-state index contributed by atoms with van der Waals surface area (Å²) in [6.07, 6.45) is -3.45. The molecule has 3 rings (SSSR count). The molecule has 15 nitrogen and oxygen atoms in total. The van der Waals surface area contributed by atoms with E-state index in [4.69, 9.17) is 33.7 Å². The van der Waals surface area contributed by atoms with Crippen LogP contribution in [-0.2, 0) is 52.7 Å². The molecule has 3 saturated heterocycles. The van der Waals surface area contributed by atoms with Gasteiger partial charge in [0.2, 0.25) is 10.4 Å². The second-order valence-electron chi connectivity index (χ2n) is 8.75. The molecule has 0 aromatic heterocycles. The number of aliphatic hydroxyl groups is 1. The molecular weight excluding hydrogens is 512 g/mol. The second-order valence-corrected chi connectivity index (χ2v) is 9.75. The van der Waals surface area contributed by atoms with Gasteiger partial charge in [-0.3, -0.25) is 4.18 Å². The van der Waals surface area contributed by atoms with E-state index in [1.807, 2.05) is 0 Å². The quantitative estimate of drug-likeness (QED) is 0.115. The van der Waals surface area contributed by atoms with Crippen molar-refractivity contribution in [3.8, 4) is 0 Å². The molecule has 3 aliphatic rings. The number of carboxylic acid groups (broad SMARTS) is 1. The number of aliphatic hydroxyl groups excluding tert-OH is 1. The molecule has 0 amide bonds. The van der Waals surface area contributed by atoms with Crippen molar-refractivity contribution in [3.63, 3.8) is 0 Å². The first-order valence-electron chi connectivity index (χ1n) is 11.7. The molecule has 0 spiro atoms. The van der Waals surface area contributed by atoms with Gasteiger partial charge in [0.1, 0.15) is 12.2 Å². The van der Waals surface area contributed by atoms with Gasteiger partial charge < -0.3 is 48.0 Å². The summed E-state index contributed by atoms with van der Waals surface area (Å²) in [6, 6.07) is 0. The highest BCUT2D eigenvalue weighted by Gasteiger charge is 2.38. The van der Waals surface area contributed by atoms with Crippen molar-refractivity contribution in [2.24, 2.45) is 0 Å². The number of carbonyl (C=O) groups excluding carboxylic acids is 1. The lowest BCUT2D eigenvalue weighted by atomic mass is 10.1. The largest absolute Gasteiger partial charge is 0.726 e. The number of aliphatic carboxylic acids is 1. The third kappa shape index (κ3) is 9.70. The number of ether oxygens (including phenoxy) is 6. The van der Waals surface area contributed by atoms with E-state index in [0.717, 1.165) is 6.42 Å². The minimum atomic E-state index is -5.01. The molecule has 0 bridgehead atoms. The van der Waals surface area contributed by atoms with Crippen LogP contribution in [0.15, 0.2) is 0 Å². The SMILES string of the molecule is O=C([O-])COC1CCC(CO[C@@H]2OC(CO)CCC2OS(=O)(=O)[O-])O[C@@H]1OCC1CCC[C@@H](OO)O1. The maximum absolute atomic E-state index is 11.1. The highest BCUT2D eigenvalue weighted by Crippen LogP contribution is 2.28. The molecule has 16 heteroatoms. The van der Waals surface area contributed by atoms with Gasteiger partial charge in [-0.2, -0.15) is 0 Å². The molecular formula is C20H32O15S-2. The highest BCUT2D eigenvalue weighted by molar-refractivity contribution is 7.80. The maximum Gasteiger partial charge on any atom is 0.218 e. The Labute approximate surface area is 208 Å². The Morgan fingerprint density at radius 1 is 0.861 bits per heavy atom. The Morgan fingerprint density at radius 3 is 2.11 bits per heavy atom. The van der Waals surface area contributed by atoms with Gasteiger partial charge in [-0.25, -0.2) is 18.6 Å². The zero-order chi connectivity index (χ0) is 26.1. The number of carbonyl (C=O) groups is 1. The van der Waals surface area contributed by atoms with E-state index in [2.05, 4.69) is 9.07 Å². The molecule has 0 aliphatic carbocycles. The first-order chi connectivity index (χ1) is 17.2. The monoisotopic (exact) mass is 544 g/mol. The van der Waals surface area contributed by atoms with Gasteiger partial charge in [-0.1, -0.05) is 0 Å². The highest BCUT2D eigenvalue weighted by atomic mass is 32.3. The summed E-state index contributed by atoms with van der Waals surface area (Å²) < 4.78 is 71.5. The van der Waals surface area contributed by atoms with Crippen LogP contribution in [0.25, 0.3) is 0 Å². The van der Waals surface area contributed by atoms with Crippen molar-refractivity contribution in [1.29, 1.82) is 0 Å². The van der Waals surface area contributed by atoms with Crippen LogP contribution in [-0.4, -0.2) is 105 Å². The van der Waals surface area contributed by atoms with Crippen LogP contribution in [0.2, 0.25) is 0 Å². The fourth-order valence-corrected chi connectivity index (χ4v) is 4.75. The van der Waals surface area contributed by atoms with Crippen molar-refractivity contribution in [3.05, 3.63) is 0 Å². The van der Waals surface area contributed by atoms with Gasteiger partial charge >= 0.3 is 0 Å². The Hall–Kier alpha value is -1.02. The van der Waals surface area contributed by atoms with Gasteiger partial charge in [-0.15, -0.1) is 0 Å². The lowest BCUT2D eigenvalue weighted by Gasteiger charge is -2.39. The smallest absolute Gasteiger partial charge is 0.218 e. The lowest BCUT2D eigenvalue weighted by Crippen LogP contribution is -2.48. The summed E-state index contributed by atoms with van der Waals surface area (Å²) in [7, 11) is -5.01. The normalized spacial score (nSPS) is 36.0. The van der Waals surface area contributed by atoms with Crippen LogP contribution in [0.4, 0.5) is 0 Å². The molecule has 36 heavy (non-hydrogen) atoms. The average Bonchev–Trinajstić information content (AvgIpc) is 2.85. The Kier molecular flexibility index (Phi) is 11.7. The molecule has 2 N–H and O–H groups in total. The molecule has 5 unspecified atom stereocenters. The van der Waals surface area contributed by atoms with Gasteiger partial charge in [0.25, 0.3) is 0 Å². The molecule has 210 valence electrons. The summed E-state index contributed by atoms with van der Waals surface area (Å²) >= 11 is 0. The third-order valence-electron chi connectivity index (χ3n) is 5.99. The molecule has 8 atom stereocenters. The molecule has 0 aromatic rings. The topological polar surface area (TPSA) is 212 Å². The minimum Gasteiger partial charge on any atom is -0.726 e. The van der Waals surface area contributed by atoms with Crippen molar-refractivity contribution < 1.29 is 70.7 Å². The molecule has 3 heterocycles. The maximum atomic E-state index is 11.1. The van der Waals surface area contributed by atoms with Gasteiger partial charge in [0, 0.05) is 6.42 Å². The van der Waals surface area contributed by atoms with Crippen LogP contribution >= 0.6 is 0 Å². The minimum absolute atomic E-state index is 0.0600. The van der Waals surface area contributed by atoms with Crippen LogP contribution < -0.4 is 5.11 Å². The zero-order valence-electron chi connectivity index (χ0n) is 19.5. The number of rotatable bonds is 13. The van der Waals surface area contributed by atoms with Crippen molar-refractivity contribution in [1.82, 2.24) is 0 Å². The van der Waals surface area contributed by atoms with Crippen LogP contribution in [0, 0.1) is 0 Å². The summed E-state index contributed by atoms with van der Waals surface area (Å²) in [5.74, 6) is -1.40. The van der Waals surface area contributed by atoms with E-state index in [1.165, 1.54) is 0 Å². The van der Waals surface area contributed by atoms with E-state index in [9.17, 15) is 28.0 Å². The predicted octanol–water partition coefficient (Wildman–Crippen LogP) is -1.61. The predicted molar refractivity (Wildman–Crippen MR) is 110 cm³/mol. The summed E-state index contributed by atoms with van der Waals surface area (Å²) in [5.41, 5.74) is 0. The van der Waals surface area contributed by atoms with E-state index in [0.29, 0.717) is 25.7 Å². The molecule has 3 fully saturated rings. The van der Waals surface area contributed by atoms with Gasteiger partial charge in [-0.05, 0) is 38.5 Å². The van der Waals surface area contributed by atoms with Crippen molar-refractivity contribution in [2.75, 3.05) is 26.4 Å². The number of carboxylic acids is 1. The van der Waals surface area contributed by atoms with Crippen LogP contribution in [0.1, 0.15) is 44.9 Å². The number of hydrogen-bond acceptors (Lipinski definition) is 15. The van der Waals surface area contributed by atoms with E-state index in [1.54, 1.807) is 0 Å². The molecule has 0 aromatic carbocycles. The molecule has 0 radical (unpaired) electrons. The first kappa shape index (κ1) is 29.5. The number of hydrogen-bond donors (Lipinski definition) is 2. The summed E-state index contributed by atoms with van der Waals surface area (Å²) in [4.78, 5) is 15.1. The van der Waals surface area contributed by atoms with E-state index in [-0.39, 0.29) is 32.7 Å². The van der Waals surface area contributed by atoms with Crippen LogP contribution in [0.3, 0.4) is 0 Å². The standard InChI is InChI=1S/C20H34O15S/c21-8-12-4-7-16(35-36(25,26)27)20(32-12)30-10-14-5-6-15(28-11-17(22)23)19(33-14)29-9-13-2-1-3-18(31-13)34-24/h12-16,18-21,24H,1-11H2,(H,22,23)(H,25,26,27)/p-2/t12?,13?,14?,15?,16?,18-,19+,20-/m1/s1. The van der Waals surface area contributed by atoms with Gasteiger partial charge in [0.05, 0.1) is 50.7 Å². The average molecular weight is 545 g/mol. The third-order valence-corrected chi connectivity index (χ3v) is 6.47. The fraction of sp³-hybridized carbons (Fsp3) is 0.950. The van der Waals surface area contributed by atoms with Crippen LogP contribution in [0.5, 0.6) is 0 Å². The summed E-state index contributed by atoms with van der Waals surface area (Å²) in [6.45, 7) is -1.02. The molecule has 0 saturated carbocycles. The van der Waals surface area contributed by atoms with Crippen molar-refractivity contribution >= 4 is 16.4 Å². The Morgan fingerprint density at radius 2 is 1.47 bits per heavy atom. The van der Waals surface area contributed by atoms with Gasteiger partial charge in [0.15, 0.2) is 18.9 Å². The van der Waals surface area contributed by atoms with Crippen molar-refractivity contribution in [2.45, 2.75) is 94.3 Å². The molecule has 3 aliphatic heterocycles. The Balaban J connectivity index is 1.56. The summed E-state index contributed by atoms with van der Waals surface area (Å²) in [5, 5.41) is 29.0. The van der Waals surface area contributed by atoms with E-state index >= 15 is 0 Å². The van der Waals surface area contributed by atoms with E-state index < -0.39 is 72.4 Å². The fourth-order valence-electron chi connectivity index (χ4n) is 4.26. The zero-order valence-corrected chi connectivity index (χ0v) is 20.3.